The van der Waals surface area contributed by atoms with Gasteiger partial charge in [-0.05, 0) is 24.4 Å². The first kappa shape index (κ1) is 9.25. The van der Waals surface area contributed by atoms with Crippen molar-refractivity contribution in [2.24, 2.45) is 0 Å². The highest BCUT2D eigenvalue weighted by atomic mass is 79.9. The van der Waals surface area contributed by atoms with Gasteiger partial charge >= 0.3 is 0 Å². The Morgan fingerprint density at radius 2 is 2.22 bits per heavy atom. The third-order valence-corrected chi connectivity index (χ3v) is 1.66. The van der Waals surface area contributed by atoms with E-state index in [2.05, 4.69) is 15.9 Å². The Balaban J connectivity index is 3.71. The third-order valence-electron chi connectivity index (χ3n) is 0.796. The van der Waals surface area contributed by atoms with Crippen LogP contribution in [-0.2, 0) is 0 Å². The van der Waals surface area contributed by atoms with Gasteiger partial charge in [0.15, 0.2) is 0 Å². The van der Waals surface area contributed by atoms with Gasteiger partial charge in [-0.1, -0.05) is 28.1 Å². The van der Waals surface area contributed by atoms with Crippen LogP contribution in [-0.4, -0.2) is 5.38 Å². The predicted molar refractivity (Wildman–Crippen MR) is 47.1 cm³/mol. The molecular weight excluding hydrogens is 199 g/mol. The first-order valence-electron chi connectivity index (χ1n) is 2.76. The summed E-state index contributed by atoms with van der Waals surface area (Å²) in [6.07, 6.45) is 3.92. The second-order valence-corrected chi connectivity index (χ2v) is 3.04. The van der Waals surface area contributed by atoms with Gasteiger partial charge in [0.1, 0.15) is 0 Å². The molecule has 0 aliphatic carbocycles. The minimum absolute atomic E-state index is 0.118. The fourth-order valence-electron chi connectivity index (χ4n) is 0.321. The van der Waals surface area contributed by atoms with E-state index < -0.39 is 0 Å². The molecule has 0 aromatic heterocycles. The molecule has 0 bridgehead atoms. The molecule has 9 heavy (non-hydrogen) atoms. The largest absolute Gasteiger partial charge is 0.119 e. The van der Waals surface area contributed by atoms with Gasteiger partial charge in [-0.3, -0.25) is 0 Å². The number of alkyl halides is 1. The van der Waals surface area contributed by atoms with Gasteiger partial charge in [-0.25, -0.2) is 0 Å². The van der Waals surface area contributed by atoms with Gasteiger partial charge in [0, 0.05) is 5.38 Å². The molecule has 0 heterocycles. The van der Waals surface area contributed by atoms with Crippen molar-refractivity contribution in [3.05, 3.63) is 22.7 Å². The van der Waals surface area contributed by atoms with Crippen molar-refractivity contribution in [1.29, 1.82) is 0 Å². The zero-order valence-corrected chi connectivity index (χ0v) is 7.91. The summed E-state index contributed by atoms with van der Waals surface area (Å²) in [5.74, 6) is 0. The fourth-order valence-corrected chi connectivity index (χ4v) is 0.546. The van der Waals surface area contributed by atoms with Crippen LogP contribution in [0.1, 0.15) is 13.8 Å². The van der Waals surface area contributed by atoms with E-state index in [0.29, 0.717) is 0 Å². The molecule has 0 rings (SSSR count). The number of rotatable bonds is 2. The molecule has 2 heteroatoms. The van der Waals surface area contributed by atoms with Crippen LogP contribution in [0.5, 0.6) is 0 Å². The Bertz CT molecular complexity index is 125. The van der Waals surface area contributed by atoms with E-state index in [1.807, 2.05) is 31.0 Å². The number of hydrogen-bond donors (Lipinski definition) is 0. The van der Waals surface area contributed by atoms with Gasteiger partial charge in [-0.2, -0.15) is 0 Å². The summed E-state index contributed by atoms with van der Waals surface area (Å²) in [5.41, 5.74) is 1.17. The Morgan fingerprint density at radius 3 is 2.56 bits per heavy atom. The van der Waals surface area contributed by atoms with E-state index in [-0.39, 0.29) is 5.38 Å². The van der Waals surface area contributed by atoms with E-state index in [4.69, 9.17) is 11.6 Å². The van der Waals surface area contributed by atoms with E-state index in [1.165, 1.54) is 5.57 Å². The quantitative estimate of drug-likeness (QED) is 0.483. The Kier molecular flexibility index (Phi) is 5.21. The molecule has 0 spiro atoms. The van der Waals surface area contributed by atoms with Crippen molar-refractivity contribution in [2.45, 2.75) is 19.2 Å². The molecular formula is C7H10BrCl. The Morgan fingerprint density at radius 1 is 1.67 bits per heavy atom. The molecule has 1 atom stereocenters. The highest BCUT2D eigenvalue weighted by Crippen LogP contribution is 2.02. The van der Waals surface area contributed by atoms with Crippen LogP contribution in [0.25, 0.3) is 0 Å². The summed E-state index contributed by atoms with van der Waals surface area (Å²) < 4.78 is 0. The molecule has 0 aromatic rings. The summed E-state index contributed by atoms with van der Waals surface area (Å²) in [6.45, 7) is 3.93. The number of hydrogen-bond acceptors (Lipinski definition) is 0. The Hall–Kier alpha value is 0.250. The lowest BCUT2D eigenvalue weighted by molar-refractivity contribution is 1.22. The van der Waals surface area contributed by atoms with Crippen LogP contribution < -0.4 is 0 Å². The molecule has 0 radical (unpaired) electrons. The van der Waals surface area contributed by atoms with Crippen LogP contribution >= 0.6 is 27.5 Å². The fraction of sp³-hybridized carbons (Fsp3) is 0.429. The van der Waals surface area contributed by atoms with E-state index >= 15 is 0 Å². The van der Waals surface area contributed by atoms with Crippen LogP contribution in [0.3, 0.4) is 0 Å². The standard InChI is InChI=1S/C7H10BrCl/c1-6(5-8)3-4-7(2)9/h3-5,7H,1-2H3/b4-3+,6-5-. The van der Waals surface area contributed by atoms with E-state index in [9.17, 15) is 0 Å². The van der Waals surface area contributed by atoms with Crippen LogP contribution in [0.4, 0.5) is 0 Å². The zero-order chi connectivity index (χ0) is 7.28. The minimum atomic E-state index is 0.118. The Labute approximate surface area is 69.7 Å². The van der Waals surface area contributed by atoms with Gasteiger partial charge < -0.3 is 0 Å². The summed E-state index contributed by atoms with van der Waals surface area (Å²) in [6, 6.07) is 0. The smallest absolute Gasteiger partial charge is 0.0490 e. The van der Waals surface area contributed by atoms with Crippen molar-refractivity contribution >= 4 is 27.5 Å². The lowest BCUT2D eigenvalue weighted by Gasteiger charge is -1.90. The molecule has 52 valence electrons. The first-order valence-corrected chi connectivity index (χ1v) is 4.11. The molecule has 0 N–H and O–H groups in total. The summed E-state index contributed by atoms with van der Waals surface area (Å²) in [4.78, 5) is 1.86. The second-order valence-electron chi connectivity index (χ2n) is 1.89. The normalized spacial score (nSPS) is 16.7. The molecule has 0 fully saturated rings. The molecule has 0 aromatic carbocycles. The average Bonchev–Trinajstić information content (AvgIpc) is 1.83. The third kappa shape index (κ3) is 6.13. The van der Waals surface area contributed by atoms with Gasteiger partial charge in [0.2, 0.25) is 0 Å². The molecule has 0 saturated carbocycles. The van der Waals surface area contributed by atoms with Gasteiger partial charge in [0.05, 0.1) is 0 Å². The highest BCUT2D eigenvalue weighted by molar-refractivity contribution is 9.11. The first-order chi connectivity index (χ1) is 4.16. The minimum Gasteiger partial charge on any atom is -0.119 e. The summed E-state index contributed by atoms with van der Waals surface area (Å²) >= 11 is 8.86. The topological polar surface area (TPSA) is 0 Å². The number of halogens is 2. The van der Waals surface area contributed by atoms with Crippen LogP contribution in [0, 0.1) is 0 Å². The number of allylic oxidation sites excluding steroid dienone is 3. The summed E-state index contributed by atoms with van der Waals surface area (Å²) in [7, 11) is 0. The molecule has 0 saturated heterocycles. The highest BCUT2D eigenvalue weighted by Gasteiger charge is 1.84. The van der Waals surface area contributed by atoms with Crippen molar-refractivity contribution < 1.29 is 0 Å². The maximum atomic E-state index is 5.65. The lowest BCUT2D eigenvalue weighted by Crippen LogP contribution is -1.80. The van der Waals surface area contributed by atoms with E-state index in [0.717, 1.165) is 0 Å². The molecule has 0 aliphatic heterocycles. The van der Waals surface area contributed by atoms with Crippen LogP contribution in [0.2, 0.25) is 0 Å². The summed E-state index contributed by atoms with van der Waals surface area (Å²) in [5, 5.41) is 0.118. The molecule has 0 aliphatic rings. The van der Waals surface area contributed by atoms with Crippen molar-refractivity contribution in [3.8, 4) is 0 Å². The van der Waals surface area contributed by atoms with Crippen molar-refractivity contribution in [2.75, 3.05) is 0 Å². The second kappa shape index (κ2) is 5.07. The van der Waals surface area contributed by atoms with Crippen LogP contribution in [0.15, 0.2) is 22.7 Å². The molecule has 1 unspecified atom stereocenters. The monoisotopic (exact) mass is 208 g/mol. The van der Waals surface area contributed by atoms with Gasteiger partial charge in [-0.15, -0.1) is 11.6 Å². The van der Waals surface area contributed by atoms with Crippen molar-refractivity contribution in [3.63, 3.8) is 0 Å². The van der Waals surface area contributed by atoms with Gasteiger partial charge in [0.25, 0.3) is 0 Å². The lowest BCUT2D eigenvalue weighted by atomic mass is 10.3. The zero-order valence-electron chi connectivity index (χ0n) is 5.57. The molecule has 0 amide bonds. The maximum Gasteiger partial charge on any atom is 0.0490 e. The maximum absolute atomic E-state index is 5.65. The van der Waals surface area contributed by atoms with Crippen molar-refractivity contribution in [1.82, 2.24) is 0 Å². The van der Waals surface area contributed by atoms with E-state index in [1.54, 1.807) is 0 Å². The SMILES string of the molecule is CC(=C/Br)/C=C/C(C)Cl. The predicted octanol–water partition coefficient (Wildman–Crippen LogP) is 3.47. The molecule has 0 nitrogen and oxygen atoms in total. The average molecular weight is 210 g/mol.